The van der Waals surface area contributed by atoms with Crippen molar-refractivity contribution in [3.63, 3.8) is 0 Å². The lowest BCUT2D eigenvalue weighted by Gasteiger charge is -2.37. The van der Waals surface area contributed by atoms with Crippen LogP contribution in [0.25, 0.3) is 0 Å². The standard InChI is InChI=1S/C39H46N2O5/c1-24-18-31-28(22-35(24)43-5)14-16-40(3)32(31)19-26-8-11-30(12-9-26)46-36-21-27(10-13-34(36)42)20-33-38-25(2)39(45-7)37(44-6)23-29(38)15-17-41(33)4/h8-13,18,21-23,32-33,42H,14-17,19-20H2,1-7H3/t32-,33+/m0/s1. The molecule has 0 saturated heterocycles. The van der Waals surface area contributed by atoms with Gasteiger partial charge in [-0.2, -0.15) is 0 Å². The van der Waals surface area contributed by atoms with Gasteiger partial charge in [0, 0.05) is 25.2 Å². The van der Waals surface area contributed by atoms with Gasteiger partial charge >= 0.3 is 0 Å². The van der Waals surface area contributed by atoms with Crippen LogP contribution in [0.1, 0.15) is 56.6 Å². The van der Waals surface area contributed by atoms with Crippen molar-refractivity contribution < 1.29 is 24.1 Å². The van der Waals surface area contributed by atoms with Crippen LogP contribution in [0.3, 0.4) is 0 Å². The van der Waals surface area contributed by atoms with Gasteiger partial charge in [-0.25, -0.2) is 0 Å². The number of fused-ring (bicyclic) bond motifs is 2. The molecular formula is C39H46N2O5. The minimum absolute atomic E-state index is 0.124. The van der Waals surface area contributed by atoms with E-state index in [-0.39, 0.29) is 11.8 Å². The lowest BCUT2D eigenvalue weighted by Crippen LogP contribution is -2.34. The molecule has 2 heterocycles. The van der Waals surface area contributed by atoms with E-state index in [9.17, 15) is 5.11 Å². The number of ether oxygens (including phenoxy) is 4. The average molecular weight is 623 g/mol. The third kappa shape index (κ3) is 6.14. The monoisotopic (exact) mass is 622 g/mol. The van der Waals surface area contributed by atoms with Crippen LogP contribution in [-0.2, 0) is 25.7 Å². The molecule has 4 aromatic carbocycles. The van der Waals surface area contributed by atoms with Crippen molar-refractivity contribution in [1.29, 1.82) is 0 Å². The molecule has 2 aliphatic rings. The van der Waals surface area contributed by atoms with Gasteiger partial charge in [0.15, 0.2) is 23.0 Å². The van der Waals surface area contributed by atoms with E-state index in [0.717, 1.165) is 67.1 Å². The first kappa shape index (κ1) is 31.8. The molecule has 7 heteroatoms. The Morgan fingerprint density at radius 3 is 2.02 bits per heavy atom. The number of hydrogen-bond donors (Lipinski definition) is 1. The summed E-state index contributed by atoms with van der Waals surface area (Å²) >= 11 is 0. The summed E-state index contributed by atoms with van der Waals surface area (Å²) in [4.78, 5) is 4.84. The summed E-state index contributed by atoms with van der Waals surface area (Å²) in [6.07, 6.45) is 3.67. The second-order valence-corrected chi connectivity index (χ2v) is 12.8. The van der Waals surface area contributed by atoms with Crippen LogP contribution in [0.15, 0.2) is 60.7 Å². The lowest BCUT2D eigenvalue weighted by atomic mass is 9.85. The lowest BCUT2D eigenvalue weighted by molar-refractivity contribution is 0.226. The van der Waals surface area contributed by atoms with Crippen LogP contribution >= 0.6 is 0 Å². The number of phenols is 1. The number of benzene rings is 4. The summed E-state index contributed by atoms with van der Waals surface area (Å²) < 4.78 is 23.2. The van der Waals surface area contributed by atoms with Gasteiger partial charge in [-0.05, 0) is 135 Å². The topological polar surface area (TPSA) is 63.6 Å². The third-order valence-corrected chi connectivity index (χ3v) is 9.96. The minimum Gasteiger partial charge on any atom is -0.504 e. The molecule has 4 aromatic rings. The molecule has 0 saturated carbocycles. The Morgan fingerprint density at radius 1 is 0.696 bits per heavy atom. The Morgan fingerprint density at radius 2 is 1.33 bits per heavy atom. The van der Waals surface area contributed by atoms with Gasteiger partial charge < -0.3 is 24.1 Å². The van der Waals surface area contributed by atoms with Crippen LogP contribution in [0.2, 0.25) is 0 Å². The number of aromatic hydroxyl groups is 1. The summed E-state index contributed by atoms with van der Waals surface area (Å²) in [7, 11) is 9.50. The molecule has 0 aromatic heterocycles. The molecule has 0 fully saturated rings. The van der Waals surface area contributed by atoms with Crippen LogP contribution in [-0.4, -0.2) is 63.4 Å². The highest BCUT2D eigenvalue weighted by atomic mass is 16.5. The molecule has 0 amide bonds. The van der Waals surface area contributed by atoms with E-state index in [0.29, 0.717) is 17.5 Å². The first-order valence-corrected chi connectivity index (χ1v) is 16.1. The fraction of sp³-hybridized carbons (Fsp3) is 0.385. The maximum Gasteiger partial charge on any atom is 0.169 e. The summed E-state index contributed by atoms with van der Waals surface area (Å²) in [6.45, 7) is 6.20. The Hall–Kier alpha value is -4.20. The van der Waals surface area contributed by atoms with Crippen molar-refractivity contribution in [3.8, 4) is 34.5 Å². The molecule has 7 nitrogen and oxygen atoms in total. The molecule has 242 valence electrons. The van der Waals surface area contributed by atoms with E-state index >= 15 is 0 Å². The van der Waals surface area contributed by atoms with Gasteiger partial charge in [-0.15, -0.1) is 0 Å². The Balaban J connectivity index is 1.19. The van der Waals surface area contributed by atoms with Gasteiger partial charge in [0.1, 0.15) is 11.5 Å². The molecule has 0 radical (unpaired) electrons. The Labute approximate surface area is 273 Å². The van der Waals surface area contributed by atoms with Gasteiger partial charge in [0.05, 0.1) is 21.3 Å². The summed E-state index contributed by atoms with van der Waals surface area (Å²) in [5, 5.41) is 10.8. The quantitative estimate of drug-likeness (QED) is 0.209. The highest BCUT2D eigenvalue weighted by Crippen LogP contribution is 2.43. The van der Waals surface area contributed by atoms with Gasteiger partial charge in [0.25, 0.3) is 0 Å². The highest BCUT2D eigenvalue weighted by molar-refractivity contribution is 5.56. The Kier molecular flexibility index (Phi) is 9.16. The first-order chi connectivity index (χ1) is 22.2. The summed E-state index contributed by atoms with van der Waals surface area (Å²) in [6, 6.07) is 21.0. The molecule has 6 rings (SSSR count). The molecule has 1 N–H and O–H groups in total. The number of rotatable bonds is 9. The predicted molar refractivity (Wildman–Crippen MR) is 182 cm³/mol. The normalized spacial score (nSPS) is 18.1. The maximum absolute atomic E-state index is 10.8. The number of methoxy groups -OCH3 is 3. The zero-order valence-electron chi connectivity index (χ0n) is 28.1. The molecule has 0 unspecified atom stereocenters. The van der Waals surface area contributed by atoms with Crippen molar-refractivity contribution in [1.82, 2.24) is 9.80 Å². The molecule has 2 atom stereocenters. The highest BCUT2D eigenvalue weighted by Gasteiger charge is 2.30. The molecule has 0 bridgehead atoms. The third-order valence-electron chi connectivity index (χ3n) is 9.96. The zero-order chi connectivity index (χ0) is 32.5. The van der Waals surface area contributed by atoms with E-state index in [1.807, 2.05) is 24.3 Å². The van der Waals surface area contributed by atoms with Gasteiger partial charge in [-0.3, -0.25) is 9.80 Å². The van der Waals surface area contributed by atoms with Crippen LogP contribution in [0.5, 0.6) is 34.5 Å². The number of hydrogen-bond acceptors (Lipinski definition) is 7. The molecular weight excluding hydrogens is 576 g/mol. The molecule has 2 aliphatic heterocycles. The van der Waals surface area contributed by atoms with Crippen molar-refractivity contribution in [2.24, 2.45) is 0 Å². The molecule has 0 spiro atoms. The predicted octanol–water partition coefficient (Wildman–Crippen LogP) is 7.37. The van der Waals surface area contributed by atoms with Crippen molar-refractivity contribution in [2.45, 2.75) is 51.6 Å². The van der Waals surface area contributed by atoms with E-state index in [1.54, 1.807) is 27.4 Å². The van der Waals surface area contributed by atoms with Gasteiger partial charge in [0.2, 0.25) is 0 Å². The minimum atomic E-state index is 0.124. The smallest absolute Gasteiger partial charge is 0.169 e. The molecule has 46 heavy (non-hydrogen) atoms. The maximum atomic E-state index is 10.8. The second kappa shape index (κ2) is 13.3. The van der Waals surface area contributed by atoms with Crippen molar-refractivity contribution in [3.05, 3.63) is 105 Å². The van der Waals surface area contributed by atoms with E-state index in [4.69, 9.17) is 18.9 Å². The first-order valence-electron chi connectivity index (χ1n) is 16.1. The number of nitrogens with zero attached hydrogens (tertiary/aromatic N) is 2. The Bertz CT molecular complexity index is 1720. The van der Waals surface area contributed by atoms with E-state index < -0.39 is 0 Å². The van der Waals surface area contributed by atoms with E-state index in [1.165, 1.54) is 33.4 Å². The van der Waals surface area contributed by atoms with Crippen LogP contribution in [0.4, 0.5) is 0 Å². The number of likely N-dealkylation sites (N-methyl/N-ethyl adjacent to an activating group) is 2. The average Bonchev–Trinajstić information content (AvgIpc) is 3.05. The van der Waals surface area contributed by atoms with Crippen molar-refractivity contribution in [2.75, 3.05) is 48.5 Å². The summed E-state index contributed by atoms with van der Waals surface area (Å²) in [5.74, 6) is 3.80. The van der Waals surface area contributed by atoms with Crippen molar-refractivity contribution >= 4 is 0 Å². The van der Waals surface area contributed by atoms with E-state index in [2.05, 4.69) is 68.1 Å². The fourth-order valence-corrected chi connectivity index (χ4v) is 7.35. The summed E-state index contributed by atoms with van der Waals surface area (Å²) in [5.41, 5.74) is 9.96. The second-order valence-electron chi connectivity index (χ2n) is 12.8. The van der Waals surface area contributed by atoms with Gasteiger partial charge in [-0.1, -0.05) is 24.3 Å². The molecule has 0 aliphatic carbocycles. The largest absolute Gasteiger partial charge is 0.504 e. The van der Waals surface area contributed by atoms with Crippen LogP contribution in [0, 0.1) is 13.8 Å². The van der Waals surface area contributed by atoms with Crippen LogP contribution < -0.4 is 18.9 Å². The zero-order valence-corrected chi connectivity index (χ0v) is 28.1. The SMILES string of the molecule is COc1cc2c(cc1C)[C@H](Cc1ccc(Oc3cc(C[C@@H]4c5c(cc(OC)c(OC)c5C)CCN4C)ccc3O)cc1)N(C)CC2. The fourth-order valence-electron chi connectivity index (χ4n) is 7.35. The number of phenolic OH excluding ortho intramolecular Hbond substituents is 1. The number of aryl methyl sites for hydroxylation is 1.